The van der Waals surface area contributed by atoms with Crippen LogP contribution in [0.5, 0.6) is 0 Å². The molecule has 5 aliphatic rings. The molecule has 5 aliphatic carbocycles. The van der Waals surface area contributed by atoms with E-state index in [0.29, 0.717) is 11.7 Å². The normalized spacial score (nSPS) is 57.2. The molecule has 0 aromatic rings. The summed E-state index contributed by atoms with van der Waals surface area (Å²) in [4.78, 5) is 12.9. The predicted molar refractivity (Wildman–Crippen MR) is 94.3 cm³/mol. The Labute approximate surface area is 146 Å². The summed E-state index contributed by atoms with van der Waals surface area (Å²) in [6, 6.07) is 0. The van der Waals surface area contributed by atoms with Crippen molar-refractivity contribution in [2.45, 2.75) is 83.7 Å². The third-order valence-corrected chi connectivity index (χ3v) is 9.24. The molecule has 0 aliphatic heterocycles. The lowest BCUT2D eigenvalue weighted by molar-refractivity contribution is -0.136. The summed E-state index contributed by atoms with van der Waals surface area (Å²) < 4.78 is 0. The number of carbonyl (C=O) groups excluding carboxylic acids is 1. The van der Waals surface area contributed by atoms with Crippen molar-refractivity contribution in [2.24, 2.45) is 46.8 Å². The summed E-state index contributed by atoms with van der Waals surface area (Å²) >= 11 is 0. The van der Waals surface area contributed by atoms with E-state index in [1.54, 1.807) is 0 Å². The maximum atomic E-state index is 12.9. The Morgan fingerprint density at radius 2 is 1.54 bits per heavy atom. The van der Waals surface area contributed by atoms with Crippen LogP contribution in [0.15, 0.2) is 0 Å². The smallest absolute Gasteiger partial charge is 0.139 e. The van der Waals surface area contributed by atoms with Crippen molar-refractivity contribution in [3.8, 4) is 0 Å². The first-order chi connectivity index (χ1) is 11.4. The van der Waals surface area contributed by atoms with Crippen molar-refractivity contribution in [3.63, 3.8) is 0 Å². The minimum Gasteiger partial charge on any atom is -0.390 e. The monoisotopic (exact) mass is 330 g/mol. The topological polar surface area (TPSA) is 37.3 Å². The van der Waals surface area contributed by atoms with Gasteiger partial charge in [0.2, 0.25) is 0 Å². The van der Waals surface area contributed by atoms with Crippen LogP contribution in [0.1, 0.15) is 78.1 Å². The quantitative estimate of drug-likeness (QED) is 0.763. The maximum Gasteiger partial charge on any atom is 0.139 e. The van der Waals surface area contributed by atoms with E-state index in [1.165, 1.54) is 38.5 Å². The third-order valence-electron chi connectivity index (χ3n) is 9.24. The minimum absolute atomic E-state index is 0.0153. The molecule has 0 aromatic heterocycles. The van der Waals surface area contributed by atoms with Gasteiger partial charge in [-0.25, -0.2) is 0 Å². The van der Waals surface area contributed by atoms with E-state index < -0.39 is 5.60 Å². The fraction of sp³-hybridized carbons (Fsp3) is 0.955. The van der Waals surface area contributed by atoms with Crippen LogP contribution in [0.3, 0.4) is 0 Å². The Hall–Kier alpha value is -0.370. The summed E-state index contributed by atoms with van der Waals surface area (Å²) in [6.45, 7) is 4.38. The van der Waals surface area contributed by atoms with Crippen LogP contribution in [-0.2, 0) is 4.79 Å². The summed E-state index contributed by atoms with van der Waals surface area (Å²) in [5.74, 6) is 6.15. The van der Waals surface area contributed by atoms with Gasteiger partial charge in [-0.1, -0.05) is 6.92 Å². The lowest BCUT2D eigenvalue weighted by atomic mass is 9.48. The maximum absolute atomic E-state index is 12.9. The van der Waals surface area contributed by atoms with Gasteiger partial charge in [-0.05, 0) is 106 Å². The van der Waals surface area contributed by atoms with Gasteiger partial charge in [-0.15, -0.1) is 0 Å². The molecule has 0 saturated heterocycles. The molecule has 0 amide bonds. The largest absolute Gasteiger partial charge is 0.390 e. The zero-order valence-electron chi connectivity index (χ0n) is 15.5. The minimum atomic E-state index is -0.420. The molecule has 0 unspecified atom stereocenters. The Bertz CT molecular complexity index is 548. The number of Topliss-reactive ketones (excluding diaryl/α,β-unsaturated/α-hetero) is 1. The molecular weight excluding hydrogens is 296 g/mol. The zero-order valence-corrected chi connectivity index (χ0v) is 15.5. The molecule has 2 nitrogen and oxygen atoms in total. The van der Waals surface area contributed by atoms with Gasteiger partial charge in [0.1, 0.15) is 5.78 Å². The number of carbonyl (C=O) groups is 1. The highest BCUT2D eigenvalue weighted by molar-refractivity contribution is 5.87. The third kappa shape index (κ3) is 2.20. The Morgan fingerprint density at radius 1 is 0.833 bits per heavy atom. The van der Waals surface area contributed by atoms with E-state index in [1.807, 2.05) is 6.92 Å². The Kier molecular flexibility index (Phi) is 3.36. The Morgan fingerprint density at radius 3 is 2.29 bits per heavy atom. The number of hydrogen-bond acceptors (Lipinski definition) is 2. The summed E-state index contributed by atoms with van der Waals surface area (Å²) in [6.07, 6.45) is 12.0. The van der Waals surface area contributed by atoms with Crippen molar-refractivity contribution >= 4 is 5.78 Å². The van der Waals surface area contributed by atoms with E-state index in [4.69, 9.17) is 0 Å². The van der Waals surface area contributed by atoms with Crippen molar-refractivity contribution in [3.05, 3.63) is 0 Å². The molecule has 0 bridgehead atoms. The van der Waals surface area contributed by atoms with Gasteiger partial charge in [0.05, 0.1) is 5.60 Å². The molecule has 0 radical (unpaired) electrons. The van der Waals surface area contributed by atoms with E-state index >= 15 is 0 Å². The lowest BCUT2D eigenvalue weighted by Crippen LogP contribution is -2.51. The number of aliphatic hydroxyl groups is 1. The first-order valence-corrected chi connectivity index (χ1v) is 10.6. The van der Waals surface area contributed by atoms with Crippen LogP contribution in [0.2, 0.25) is 0 Å². The van der Waals surface area contributed by atoms with E-state index in [-0.39, 0.29) is 5.41 Å². The highest BCUT2D eigenvalue weighted by atomic mass is 16.3. The second-order valence-corrected chi connectivity index (χ2v) is 10.7. The molecule has 5 saturated carbocycles. The standard InChI is InChI=1S/C22H34O2/c1-21(24)9-7-15-14(12-21)5-6-17-16(15)8-10-22(2)19(23)11-18(20(17)22)13-3-4-13/h13-18,20,24H,3-12H2,1-2H3/t14-,15+,16-,17-,18+,20-,21-,22-/m1/s1. The predicted octanol–water partition coefficient (Wildman–Crippen LogP) is 4.60. The fourth-order valence-electron chi connectivity index (χ4n) is 8.00. The second-order valence-electron chi connectivity index (χ2n) is 10.7. The van der Waals surface area contributed by atoms with Crippen LogP contribution in [0.4, 0.5) is 0 Å². The number of fused-ring (bicyclic) bond motifs is 5. The Balaban J connectivity index is 1.43. The summed E-state index contributed by atoms with van der Waals surface area (Å²) in [5.41, 5.74) is -0.404. The molecule has 1 N–H and O–H groups in total. The number of ketones is 1. The summed E-state index contributed by atoms with van der Waals surface area (Å²) in [7, 11) is 0. The van der Waals surface area contributed by atoms with Gasteiger partial charge < -0.3 is 5.11 Å². The zero-order chi connectivity index (χ0) is 16.7. The first-order valence-electron chi connectivity index (χ1n) is 10.6. The van der Waals surface area contributed by atoms with Crippen LogP contribution in [0, 0.1) is 46.8 Å². The lowest BCUT2D eigenvalue weighted by Gasteiger charge is -2.56. The van der Waals surface area contributed by atoms with Crippen molar-refractivity contribution in [1.29, 1.82) is 0 Å². The van der Waals surface area contributed by atoms with Crippen LogP contribution in [0.25, 0.3) is 0 Å². The van der Waals surface area contributed by atoms with E-state index in [0.717, 1.165) is 61.2 Å². The highest BCUT2D eigenvalue weighted by Crippen LogP contribution is 2.66. The van der Waals surface area contributed by atoms with E-state index in [9.17, 15) is 9.90 Å². The van der Waals surface area contributed by atoms with Crippen LogP contribution >= 0.6 is 0 Å². The molecule has 24 heavy (non-hydrogen) atoms. The molecule has 5 fully saturated rings. The van der Waals surface area contributed by atoms with Crippen molar-refractivity contribution in [1.82, 2.24) is 0 Å². The molecule has 0 spiro atoms. The molecule has 134 valence electrons. The molecule has 0 aromatic carbocycles. The van der Waals surface area contributed by atoms with Crippen molar-refractivity contribution < 1.29 is 9.90 Å². The van der Waals surface area contributed by atoms with Gasteiger partial charge in [0, 0.05) is 11.8 Å². The molecule has 5 rings (SSSR count). The average molecular weight is 331 g/mol. The SMILES string of the molecule is C[C@@]1(O)CC[C@H]2[C@H](CC[C@@H]3[C@@H]2CC[C@]2(C)C(=O)C[C@@H](C4CC4)[C@@H]32)C1. The molecule has 8 atom stereocenters. The van der Waals surface area contributed by atoms with Gasteiger partial charge in [-0.2, -0.15) is 0 Å². The van der Waals surface area contributed by atoms with Gasteiger partial charge in [-0.3, -0.25) is 4.79 Å². The van der Waals surface area contributed by atoms with Crippen LogP contribution in [-0.4, -0.2) is 16.5 Å². The van der Waals surface area contributed by atoms with Gasteiger partial charge >= 0.3 is 0 Å². The van der Waals surface area contributed by atoms with Gasteiger partial charge in [0.25, 0.3) is 0 Å². The highest BCUT2D eigenvalue weighted by Gasteiger charge is 2.62. The van der Waals surface area contributed by atoms with E-state index in [2.05, 4.69) is 6.92 Å². The second kappa shape index (κ2) is 5.09. The van der Waals surface area contributed by atoms with Gasteiger partial charge in [0.15, 0.2) is 0 Å². The number of rotatable bonds is 1. The van der Waals surface area contributed by atoms with Crippen LogP contribution < -0.4 is 0 Å². The molecule has 0 heterocycles. The molecular formula is C22H34O2. The fourth-order valence-corrected chi connectivity index (χ4v) is 8.00. The summed E-state index contributed by atoms with van der Waals surface area (Å²) in [5, 5.41) is 10.5. The first kappa shape index (κ1) is 15.9. The average Bonchev–Trinajstić information content (AvgIpc) is 3.32. The van der Waals surface area contributed by atoms with Crippen molar-refractivity contribution in [2.75, 3.05) is 0 Å². The number of hydrogen-bond donors (Lipinski definition) is 1. The molecule has 2 heteroatoms.